The smallest absolute Gasteiger partial charge is 0.314 e. The van der Waals surface area contributed by atoms with Crippen LogP contribution in [0.15, 0.2) is 42.5 Å². The fourth-order valence-corrected chi connectivity index (χ4v) is 4.08. The zero-order valence-corrected chi connectivity index (χ0v) is 14.9. The van der Waals surface area contributed by atoms with Crippen LogP contribution >= 0.6 is 0 Å². The van der Waals surface area contributed by atoms with Crippen LogP contribution in [0, 0.1) is 5.92 Å². The van der Waals surface area contributed by atoms with Crippen LogP contribution in [0.5, 0.6) is 0 Å². The van der Waals surface area contributed by atoms with Crippen molar-refractivity contribution in [2.45, 2.75) is 51.0 Å². The number of nitrogens with zero attached hydrogens (tertiary/aromatic N) is 1. The Morgan fingerprint density at radius 3 is 2.75 bits per heavy atom. The largest absolute Gasteiger partial charge is 0.464 e. The van der Waals surface area contributed by atoms with Crippen molar-refractivity contribution >= 4 is 5.97 Å². The average molecular weight is 327 g/mol. The van der Waals surface area contributed by atoms with E-state index in [0.717, 1.165) is 31.5 Å². The Hall–Kier alpha value is -1.61. The minimum absolute atomic E-state index is 0.0743. The SMILES string of the molecule is CC1(C)CCCN1CCOC(=O)C(c1ccccc1)C1C=CCC1. The van der Waals surface area contributed by atoms with Crippen molar-refractivity contribution < 1.29 is 9.53 Å². The van der Waals surface area contributed by atoms with Crippen LogP contribution in [0.25, 0.3) is 0 Å². The maximum Gasteiger partial charge on any atom is 0.314 e. The number of carbonyl (C=O) groups is 1. The summed E-state index contributed by atoms with van der Waals surface area (Å²) in [4.78, 5) is 15.2. The molecule has 2 aliphatic rings. The van der Waals surface area contributed by atoms with Crippen LogP contribution in [0.3, 0.4) is 0 Å². The van der Waals surface area contributed by atoms with Gasteiger partial charge in [0.25, 0.3) is 0 Å². The lowest BCUT2D eigenvalue weighted by Gasteiger charge is -2.31. The molecule has 0 saturated carbocycles. The second-order valence-electron chi connectivity index (χ2n) is 7.63. The summed E-state index contributed by atoms with van der Waals surface area (Å²) >= 11 is 0. The maximum absolute atomic E-state index is 12.8. The maximum atomic E-state index is 12.8. The van der Waals surface area contributed by atoms with E-state index in [4.69, 9.17) is 4.74 Å². The van der Waals surface area contributed by atoms with E-state index in [-0.39, 0.29) is 23.3 Å². The Labute approximate surface area is 145 Å². The summed E-state index contributed by atoms with van der Waals surface area (Å²) in [7, 11) is 0. The lowest BCUT2D eigenvalue weighted by Crippen LogP contribution is -2.40. The highest BCUT2D eigenvalue weighted by atomic mass is 16.5. The first kappa shape index (κ1) is 17.2. The van der Waals surface area contributed by atoms with E-state index in [0.29, 0.717) is 6.61 Å². The molecule has 1 saturated heterocycles. The first-order valence-electron chi connectivity index (χ1n) is 9.21. The van der Waals surface area contributed by atoms with E-state index < -0.39 is 0 Å². The van der Waals surface area contributed by atoms with Crippen molar-refractivity contribution in [3.63, 3.8) is 0 Å². The molecule has 3 rings (SSSR count). The van der Waals surface area contributed by atoms with Gasteiger partial charge in [-0.25, -0.2) is 0 Å². The molecule has 0 spiro atoms. The predicted octanol–water partition coefficient (Wildman–Crippen LogP) is 4.15. The fraction of sp³-hybridized carbons (Fsp3) is 0.571. The number of esters is 1. The molecular weight excluding hydrogens is 298 g/mol. The second kappa shape index (κ2) is 7.52. The van der Waals surface area contributed by atoms with Gasteiger partial charge in [-0.1, -0.05) is 42.5 Å². The molecule has 130 valence electrons. The van der Waals surface area contributed by atoms with Gasteiger partial charge in [0.15, 0.2) is 0 Å². The van der Waals surface area contributed by atoms with Gasteiger partial charge in [-0.2, -0.15) is 0 Å². The highest BCUT2D eigenvalue weighted by molar-refractivity contribution is 5.79. The normalized spacial score (nSPS) is 24.2. The van der Waals surface area contributed by atoms with Crippen LogP contribution in [0.4, 0.5) is 0 Å². The summed E-state index contributed by atoms with van der Waals surface area (Å²) < 4.78 is 5.71. The summed E-state index contributed by atoms with van der Waals surface area (Å²) in [6.07, 6.45) is 8.92. The van der Waals surface area contributed by atoms with Crippen molar-refractivity contribution in [1.82, 2.24) is 4.90 Å². The number of benzene rings is 1. The standard InChI is InChI=1S/C21H29NO2/c1-21(2)13-8-14-22(21)15-16-24-20(23)19(18-11-6-7-12-18)17-9-4-3-5-10-17/h3-6,9-11,18-19H,7-8,12-16H2,1-2H3. The summed E-state index contributed by atoms with van der Waals surface area (Å²) in [5, 5.41) is 0. The third-order valence-electron chi connectivity index (χ3n) is 5.57. The molecule has 0 radical (unpaired) electrons. The Morgan fingerprint density at radius 2 is 2.12 bits per heavy atom. The molecule has 1 aromatic carbocycles. The number of ether oxygens (including phenoxy) is 1. The number of allylic oxidation sites excluding steroid dienone is 2. The molecule has 3 nitrogen and oxygen atoms in total. The van der Waals surface area contributed by atoms with Crippen LogP contribution in [-0.2, 0) is 9.53 Å². The lowest BCUT2D eigenvalue weighted by atomic mass is 9.85. The van der Waals surface area contributed by atoms with Crippen LogP contribution in [0.2, 0.25) is 0 Å². The molecule has 0 amide bonds. The van der Waals surface area contributed by atoms with Gasteiger partial charge < -0.3 is 4.74 Å². The zero-order valence-electron chi connectivity index (χ0n) is 14.9. The Kier molecular flexibility index (Phi) is 5.40. The molecule has 1 aromatic rings. The minimum atomic E-state index is -0.170. The van der Waals surface area contributed by atoms with E-state index in [2.05, 4.69) is 30.9 Å². The Morgan fingerprint density at radius 1 is 1.33 bits per heavy atom. The molecule has 1 aliphatic heterocycles. The van der Waals surface area contributed by atoms with Crippen LogP contribution < -0.4 is 0 Å². The summed E-state index contributed by atoms with van der Waals surface area (Å²) in [5.74, 6) is 0.0226. The lowest BCUT2D eigenvalue weighted by molar-refractivity contribution is -0.147. The van der Waals surface area contributed by atoms with Gasteiger partial charge in [-0.3, -0.25) is 9.69 Å². The van der Waals surface area contributed by atoms with Crippen molar-refractivity contribution in [2.24, 2.45) is 5.92 Å². The molecule has 2 atom stereocenters. The van der Waals surface area contributed by atoms with Gasteiger partial charge in [-0.05, 0) is 57.6 Å². The molecule has 2 unspecified atom stereocenters. The van der Waals surface area contributed by atoms with Crippen molar-refractivity contribution in [1.29, 1.82) is 0 Å². The molecule has 3 heteroatoms. The van der Waals surface area contributed by atoms with Gasteiger partial charge in [-0.15, -0.1) is 0 Å². The van der Waals surface area contributed by atoms with E-state index >= 15 is 0 Å². The number of likely N-dealkylation sites (tertiary alicyclic amines) is 1. The Balaban J connectivity index is 1.61. The molecule has 1 fully saturated rings. The van der Waals surface area contributed by atoms with E-state index in [1.807, 2.05) is 30.3 Å². The van der Waals surface area contributed by atoms with Crippen LogP contribution in [-0.4, -0.2) is 36.1 Å². The quantitative estimate of drug-likeness (QED) is 0.580. The van der Waals surface area contributed by atoms with Crippen LogP contribution in [0.1, 0.15) is 51.0 Å². The first-order valence-corrected chi connectivity index (χ1v) is 9.21. The number of hydrogen-bond acceptors (Lipinski definition) is 3. The van der Waals surface area contributed by atoms with Gasteiger partial charge in [0.1, 0.15) is 6.61 Å². The van der Waals surface area contributed by atoms with E-state index in [1.54, 1.807) is 0 Å². The summed E-state index contributed by atoms with van der Waals surface area (Å²) in [5.41, 5.74) is 1.31. The van der Waals surface area contributed by atoms with Gasteiger partial charge >= 0.3 is 5.97 Å². The molecule has 24 heavy (non-hydrogen) atoms. The Bertz CT molecular complexity index is 579. The molecule has 0 aromatic heterocycles. The predicted molar refractivity (Wildman–Crippen MR) is 96.9 cm³/mol. The van der Waals surface area contributed by atoms with Crippen molar-refractivity contribution in [3.05, 3.63) is 48.0 Å². The zero-order chi connectivity index (χ0) is 17.0. The molecule has 0 bridgehead atoms. The molecule has 1 heterocycles. The second-order valence-corrected chi connectivity index (χ2v) is 7.63. The van der Waals surface area contributed by atoms with Crippen molar-refractivity contribution in [2.75, 3.05) is 19.7 Å². The van der Waals surface area contributed by atoms with Gasteiger partial charge in [0.05, 0.1) is 5.92 Å². The topological polar surface area (TPSA) is 29.5 Å². The first-order chi connectivity index (χ1) is 11.6. The third-order valence-corrected chi connectivity index (χ3v) is 5.57. The fourth-order valence-electron chi connectivity index (χ4n) is 4.08. The monoisotopic (exact) mass is 327 g/mol. The number of rotatable bonds is 6. The van der Waals surface area contributed by atoms with E-state index in [9.17, 15) is 4.79 Å². The molecule has 0 N–H and O–H groups in total. The minimum Gasteiger partial charge on any atom is -0.464 e. The van der Waals surface area contributed by atoms with Gasteiger partial charge in [0.2, 0.25) is 0 Å². The number of hydrogen-bond donors (Lipinski definition) is 0. The summed E-state index contributed by atoms with van der Waals surface area (Å²) in [6, 6.07) is 10.1. The van der Waals surface area contributed by atoms with E-state index in [1.165, 1.54) is 12.8 Å². The third kappa shape index (κ3) is 3.89. The molecular formula is C21H29NO2. The highest BCUT2D eigenvalue weighted by Gasteiger charge is 2.33. The van der Waals surface area contributed by atoms with Gasteiger partial charge in [0, 0.05) is 12.1 Å². The average Bonchev–Trinajstić information content (AvgIpc) is 3.19. The van der Waals surface area contributed by atoms with Crippen molar-refractivity contribution in [3.8, 4) is 0 Å². The highest BCUT2D eigenvalue weighted by Crippen LogP contribution is 2.34. The number of carbonyl (C=O) groups excluding carboxylic acids is 1. The summed E-state index contributed by atoms with van der Waals surface area (Å²) in [6.45, 7) is 6.98. The molecule has 1 aliphatic carbocycles.